The Morgan fingerprint density at radius 1 is 1.10 bits per heavy atom. The first-order chi connectivity index (χ1) is 9.58. The van der Waals surface area contributed by atoms with Gasteiger partial charge in [0.15, 0.2) is 0 Å². The van der Waals surface area contributed by atoms with Crippen LogP contribution in [0, 0.1) is 6.92 Å². The Morgan fingerprint density at radius 2 is 1.90 bits per heavy atom. The number of aryl methyl sites for hydroxylation is 1. The van der Waals surface area contributed by atoms with Crippen LogP contribution in [0.3, 0.4) is 0 Å². The first kappa shape index (κ1) is 13.6. The first-order valence-corrected chi connectivity index (χ1v) is 7.67. The number of fused-ring (bicyclic) bond motifs is 1. The maximum atomic E-state index is 5.24. The van der Waals surface area contributed by atoms with Crippen molar-refractivity contribution in [2.75, 3.05) is 7.11 Å². The van der Waals surface area contributed by atoms with E-state index in [9.17, 15) is 0 Å². The molecule has 20 heavy (non-hydrogen) atoms. The van der Waals surface area contributed by atoms with E-state index in [1.807, 2.05) is 18.2 Å². The zero-order valence-electron chi connectivity index (χ0n) is 11.0. The number of benzene rings is 2. The van der Waals surface area contributed by atoms with Crippen molar-refractivity contribution in [3.05, 3.63) is 44.8 Å². The van der Waals surface area contributed by atoms with E-state index in [2.05, 4.69) is 60.9 Å². The molecule has 0 aliphatic carbocycles. The third-order valence-corrected chi connectivity index (χ3v) is 4.33. The number of aromatic amines is 1. The van der Waals surface area contributed by atoms with Gasteiger partial charge < -0.3 is 9.72 Å². The van der Waals surface area contributed by atoms with E-state index in [-0.39, 0.29) is 0 Å². The lowest BCUT2D eigenvalue weighted by atomic mass is 10.2. The number of hydrogen-bond donors (Lipinski definition) is 1. The van der Waals surface area contributed by atoms with Crippen molar-refractivity contribution in [3.8, 4) is 17.1 Å². The van der Waals surface area contributed by atoms with Gasteiger partial charge in [-0.1, -0.05) is 0 Å². The number of H-pyrrole nitrogens is 1. The van der Waals surface area contributed by atoms with Gasteiger partial charge in [-0.2, -0.15) is 0 Å². The molecule has 0 amide bonds. The second-order valence-corrected chi connectivity index (χ2v) is 6.29. The molecule has 102 valence electrons. The Kier molecular flexibility index (Phi) is 3.56. The highest BCUT2D eigenvalue weighted by molar-refractivity contribution is 9.11. The molecular formula is C15H12Br2N2O. The van der Waals surface area contributed by atoms with Crippen LogP contribution in [0.2, 0.25) is 0 Å². The molecule has 1 N–H and O–H groups in total. The van der Waals surface area contributed by atoms with Gasteiger partial charge in [-0.3, -0.25) is 0 Å². The summed E-state index contributed by atoms with van der Waals surface area (Å²) in [5, 5.41) is 0. The summed E-state index contributed by atoms with van der Waals surface area (Å²) >= 11 is 7.06. The predicted octanol–water partition coefficient (Wildman–Crippen LogP) is 5.07. The fourth-order valence-electron chi connectivity index (χ4n) is 2.16. The van der Waals surface area contributed by atoms with Crippen molar-refractivity contribution in [1.29, 1.82) is 0 Å². The Hall–Kier alpha value is -1.33. The van der Waals surface area contributed by atoms with Crippen molar-refractivity contribution in [3.63, 3.8) is 0 Å². The third-order valence-electron chi connectivity index (χ3n) is 3.11. The molecule has 1 heterocycles. The summed E-state index contributed by atoms with van der Waals surface area (Å²) in [6.07, 6.45) is 0. The number of nitrogens with one attached hydrogen (secondary N) is 1. The molecule has 1 aromatic heterocycles. The maximum absolute atomic E-state index is 5.24. The molecule has 0 unspecified atom stereocenters. The van der Waals surface area contributed by atoms with Gasteiger partial charge in [0.25, 0.3) is 0 Å². The number of aromatic nitrogens is 2. The highest BCUT2D eigenvalue weighted by Crippen LogP contribution is 2.31. The molecule has 3 aromatic rings. The average Bonchev–Trinajstić information content (AvgIpc) is 2.82. The van der Waals surface area contributed by atoms with Crippen LogP contribution in [0.4, 0.5) is 0 Å². The highest BCUT2D eigenvalue weighted by atomic mass is 79.9. The molecule has 0 fully saturated rings. The minimum atomic E-state index is 0.807. The number of hydrogen-bond acceptors (Lipinski definition) is 2. The van der Waals surface area contributed by atoms with E-state index >= 15 is 0 Å². The van der Waals surface area contributed by atoms with E-state index in [0.29, 0.717) is 0 Å². The second kappa shape index (κ2) is 5.22. The van der Waals surface area contributed by atoms with Gasteiger partial charge in [-0.25, -0.2) is 4.98 Å². The van der Waals surface area contributed by atoms with Crippen LogP contribution in [0.25, 0.3) is 22.4 Å². The molecule has 5 heteroatoms. The van der Waals surface area contributed by atoms with Crippen LogP contribution in [0.1, 0.15) is 5.56 Å². The van der Waals surface area contributed by atoms with Gasteiger partial charge in [0.2, 0.25) is 0 Å². The lowest BCUT2D eigenvalue weighted by molar-refractivity contribution is 0.412. The summed E-state index contributed by atoms with van der Waals surface area (Å²) in [6.45, 7) is 2.06. The number of imidazole rings is 1. The molecule has 0 aliphatic rings. The summed E-state index contributed by atoms with van der Waals surface area (Å²) < 4.78 is 7.16. The molecule has 0 atom stereocenters. The standard InChI is InChI=1S/C15H12Br2N2O/c1-8-5-11(17)14-12(6-8)18-15(19-14)9-3-4-13(20-2)10(16)7-9/h3-7H,1-2H3,(H,18,19). The van der Waals surface area contributed by atoms with Crippen LogP contribution in [-0.2, 0) is 0 Å². The topological polar surface area (TPSA) is 37.9 Å². The predicted molar refractivity (Wildman–Crippen MR) is 88.2 cm³/mol. The Morgan fingerprint density at radius 3 is 2.60 bits per heavy atom. The molecule has 0 aliphatic heterocycles. The van der Waals surface area contributed by atoms with Gasteiger partial charge >= 0.3 is 0 Å². The van der Waals surface area contributed by atoms with E-state index in [4.69, 9.17) is 4.74 Å². The van der Waals surface area contributed by atoms with Gasteiger partial charge in [0.1, 0.15) is 17.1 Å². The smallest absolute Gasteiger partial charge is 0.138 e. The van der Waals surface area contributed by atoms with Gasteiger partial charge in [0.05, 0.1) is 17.1 Å². The molecule has 0 bridgehead atoms. The molecule has 0 radical (unpaired) electrons. The second-order valence-electron chi connectivity index (χ2n) is 4.58. The van der Waals surface area contributed by atoms with Gasteiger partial charge in [-0.15, -0.1) is 0 Å². The zero-order valence-corrected chi connectivity index (χ0v) is 14.2. The molecule has 3 nitrogen and oxygen atoms in total. The van der Waals surface area contributed by atoms with E-state index in [0.717, 1.165) is 37.1 Å². The SMILES string of the molecule is COc1ccc(-c2nc3c(Br)cc(C)cc3[nH]2)cc1Br. The highest BCUT2D eigenvalue weighted by Gasteiger charge is 2.10. The summed E-state index contributed by atoms with van der Waals surface area (Å²) in [6, 6.07) is 10.1. The monoisotopic (exact) mass is 394 g/mol. The number of ether oxygens (including phenoxy) is 1. The fraction of sp³-hybridized carbons (Fsp3) is 0.133. The van der Waals surface area contributed by atoms with Crippen LogP contribution in [0.15, 0.2) is 39.3 Å². The summed E-state index contributed by atoms with van der Waals surface area (Å²) in [5.41, 5.74) is 4.17. The molecule has 0 spiro atoms. The quantitative estimate of drug-likeness (QED) is 0.657. The van der Waals surface area contributed by atoms with E-state index in [1.165, 1.54) is 5.56 Å². The fourth-order valence-corrected chi connectivity index (χ4v) is 3.37. The molecule has 2 aromatic carbocycles. The number of halogens is 2. The van der Waals surface area contributed by atoms with E-state index < -0.39 is 0 Å². The van der Waals surface area contributed by atoms with Crippen molar-refractivity contribution >= 4 is 42.9 Å². The van der Waals surface area contributed by atoms with Gasteiger partial charge in [0, 0.05) is 10.0 Å². The zero-order chi connectivity index (χ0) is 14.3. The molecule has 3 rings (SSSR count). The summed E-state index contributed by atoms with van der Waals surface area (Å²) in [5.74, 6) is 1.65. The van der Waals surface area contributed by atoms with Gasteiger partial charge in [-0.05, 0) is 74.7 Å². The van der Waals surface area contributed by atoms with Crippen LogP contribution >= 0.6 is 31.9 Å². The minimum Gasteiger partial charge on any atom is -0.496 e. The third kappa shape index (κ3) is 2.36. The van der Waals surface area contributed by atoms with Crippen LogP contribution in [-0.4, -0.2) is 17.1 Å². The Bertz CT molecular complexity index is 796. The minimum absolute atomic E-state index is 0.807. The van der Waals surface area contributed by atoms with Crippen molar-refractivity contribution in [2.24, 2.45) is 0 Å². The number of nitrogens with zero attached hydrogens (tertiary/aromatic N) is 1. The first-order valence-electron chi connectivity index (χ1n) is 6.08. The normalized spacial score (nSPS) is 11.0. The number of methoxy groups -OCH3 is 1. The largest absolute Gasteiger partial charge is 0.496 e. The molecular weight excluding hydrogens is 384 g/mol. The summed E-state index contributed by atoms with van der Waals surface area (Å²) in [4.78, 5) is 8.01. The maximum Gasteiger partial charge on any atom is 0.138 e. The lowest BCUT2D eigenvalue weighted by Gasteiger charge is -2.04. The van der Waals surface area contributed by atoms with E-state index in [1.54, 1.807) is 7.11 Å². The number of rotatable bonds is 2. The van der Waals surface area contributed by atoms with Crippen LogP contribution in [0.5, 0.6) is 5.75 Å². The summed E-state index contributed by atoms with van der Waals surface area (Å²) in [7, 11) is 1.65. The Balaban J connectivity index is 2.15. The van der Waals surface area contributed by atoms with Crippen molar-refractivity contribution in [2.45, 2.75) is 6.92 Å². The average molecular weight is 396 g/mol. The molecule has 0 saturated heterocycles. The van der Waals surface area contributed by atoms with Crippen molar-refractivity contribution < 1.29 is 4.74 Å². The van der Waals surface area contributed by atoms with Crippen LogP contribution < -0.4 is 4.74 Å². The lowest BCUT2D eigenvalue weighted by Crippen LogP contribution is -1.86. The Labute approximate surface area is 133 Å². The van der Waals surface area contributed by atoms with Crippen molar-refractivity contribution in [1.82, 2.24) is 9.97 Å². The molecule has 0 saturated carbocycles.